The molecule has 4 nitrogen and oxygen atoms in total. The molecule has 1 atom stereocenters. The Kier molecular flexibility index (Phi) is 5.18. The second-order valence-electron chi connectivity index (χ2n) is 4.92. The Balaban J connectivity index is 1.94. The Bertz CT molecular complexity index is 537. The monoisotopic (exact) mass is 274 g/mol. The van der Waals surface area contributed by atoms with Gasteiger partial charge in [-0.15, -0.1) is 0 Å². The Morgan fingerprint density at radius 3 is 2.90 bits per heavy atom. The molecule has 20 heavy (non-hydrogen) atoms. The van der Waals surface area contributed by atoms with Gasteiger partial charge in [-0.2, -0.15) is 5.10 Å². The average molecular weight is 274 g/mol. The first-order chi connectivity index (χ1) is 9.70. The van der Waals surface area contributed by atoms with E-state index >= 15 is 0 Å². The molecule has 0 bridgehead atoms. The molecule has 0 aliphatic carbocycles. The Labute approximate surface area is 120 Å². The smallest absolute Gasteiger partial charge is 0.119 e. The zero-order valence-electron chi connectivity index (χ0n) is 12.1. The molecule has 1 heterocycles. The molecular weight excluding hydrogens is 252 g/mol. The average Bonchev–Trinajstić information content (AvgIpc) is 2.88. The molecule has 0 aliphatic rings. The summed E-state index contributed by atoms with van der Waals surface area (Å²) < 4.78 is 7.43. The van der Waals surface area contributed by atoms with E-state index in [1.54, 1.807) is 6.20 Å². The molecule has 1 aromatic heterocycles. The van der Waals surface area contributed by atoms with E-state index in [1.807, 2.05) is 42.1 Å². The van der Waals surface area contributed by atoms with Crippen molar-refractivity contribution < 1.29 is 9.84 Å². The minimum Gasteiger partial charge on any atom is -0.494 e. The van der Waals surface area contributed by atoms with Crippen molar-refractivity contribution in [3.63, 3.8) is 0 Å². The summed E-state index contributed by atoms with van der Waals surface area (Å²) in [6.45, 7) is 2.78. The first kappa shape index (κ1) is 14.6. The van der Waals surface area contributed by atoms with Crippen molar-refractivity contribution in [1.82, 2.24) is 9.78 Å². The summed E-state index contributed by atoms with van der Waals surface area (Å²) in [5.74, 6) is 0.823. The highest BCUT2D eigenvalue weighted by Crippen LogP contribution is 2.23. The third kappa shape index (κ3) is 3.84. The highest BCUT2D eigenvalue weighted by molar-refractivity contribution is 5.30. The molecule has 1 unspecified atom stereocenters. The highest BCUT2D eigenvalue weighted by atomic mass is 16.5. The zero-order valence-corrected chi connectivity index (χ0v) is 12.1. The van der Waals surface area contributed by atoms with Crippen LogP contribution in [0, 0.1) is 0 Å². The van der Waals surface area contributed by atoms with Gasteiger partial charge in [0.15, 0.2) is 0 Å². The summed E-state index contributed by atoms with van der Waals surface area (Å²) in [4.78, 5) is 0. The third-order valence-electron chi connectivity index (χ3n) is 3.31. The van der Waals surface area contributed by atoms with Crippen molar-refractivity contribution in [2.75, 3.05) is 6.61 Å². The molecule has 0 radical (unpaired) electrons. The Hall–Kier alpha value is -1.81. The predicted octanol–water partition coefficient (Wildman–Crippen LogP) is 2.88. The van der Waals surface area contributed by atoms with E-state index < -0.39 is 6.10 Å². The molecular formula is C16H22N2O2. The number of rotatable bonds is 7. The number of aryl methyl sites for hydroxylation is 2. The van der Waals surface area contributed by atoms with Gasteiger partial charge in [-0.25, -0.2) is 0 Å². The fourth-order valence-electron chi connectivity index (χ4n) is 2.13. The maximum atomic E-state index is 10.3. The van der Waals surface area contributed by atoms with Crippen LogP contribution in [0.25, 0.3) is 0 Å². The van der Waals surface area contributed by atoms with Crippen LogP contribution in [-0.4, -0.2) is 21.5 Å². The van der Waals surface area contributed by atoms with Crippen LogP contribution in [0.5, 0.6) is 5.75 Å². The van der Waals surface area contributed by atoms with Crippen LogP contribution in [0.15, 0.2) is 36.5 Å². The summed E-state index contributed by atoms with van der Waals surface area (Å²) in [6, 6.07) is 9.68. The van der Waals surface area contributed by atoms with E-state index in [1.165, 1.54) is 0 Å². The van der Waals surface area contributed by atoms with Gasteiger partial charge >= 0.3 is 0 Å². The predicted molar refractivity (Wildman–Crippen MR) is 78.7 cm³/mol. The van der Waals surface area contributed by atoms with E-state index in [0.29, 0.717) is 13.0 Å². The van der Waals surface area contributed by atoms with Crippen LogP contribution in [0.4, 0.5) is 0 Å². The number of ether oxygens (including phenoxy) is 1. The Morgan fingerprint density at radius 2 is 2.20 bits per heavy atom. The molecule has 0 amide bonds. The standard InChI is InChI=1S/C16H22N2O2/c1-3-11-20-15-6-4-5-13(12-15)16(19)8-7-14-9-10-17-18(14)2/h4-6,9-10,12,16,19H,3,7-8,11H2,1-2H3. The van der Waals surface area contributed by atoms with Gasteiger partial charge in [-0.3, -0.25) is 4.68 Å². The number of nitrogens with zero attached hydrogens (tertiary/aromatic N) is 2. The maximum absolute atomic E-state index is 10.3. The minimum atomic E-state index is -0.477. The number of aromatic nitrogens is 2. The summed E-state index contributed by atoms with van der Waals surface area (Å²) >= 11 is 0. The topological polar surface area (TPSA) is 47.3 Å². The molecule has 2 aromatic rings. The van der Waals surface area contributed by atoms with Crippen LogP contribution in [0.1, 0.15) is 37.1 Å². The fraction of sp³-hybridized carbons (Fsp3) is 0.438. The molecule has 0 aliphatic heterocycles. The molecule has 0 fully saturated rings. The first-order valence-electron chi connectivity index (χ1n) is 7.08. The Morgan fingerprint density at radius 1 is 1.35 bits per heavy atom. The normalized spacial score (nSPS) is 12.3. The second kappa shape index (κ2) is 7.10. The lowest BCUT2D eigenvalue weighted by Gasteiger charge is -2.13. The lowest BCUT2D eigenvalue weighted by atomic mass is 10.0. The molecule has 4 heteroatoms. The largest absolute Gasteiger partial charge is 0.494 e. The van der Waals surface area contributed by atoms with Gasteiger partial charge in [0.2, 0.25) is 0 Å². The molecule has 1 aromatic carbocycles. The maximum Gasteiger partial charge on any atom is 0.119 e. The molecule has 0 saturated carbocycles. The highest BCUT2D eigenvalue weighted by Gasteiger charge is 2.10. The zero-order chi connectivity index (χ0) is 14.4. The summed E-state index contributed by atoms with van der Waals surface area (Å²) in [7, 11) is 1.92. The summed E-state index contributed by atoms with van der Waals surface area (Å²) in [6.07, 6.45) is 3.76. The van der Waals surface area contributed by atoms with Gasteiger partial charge in [0, 0.05) is 18.9 Å². The van der Waals surface area contributed by atoms with Crippen molar-refractivity contribution >= 4 is 0 Å². The quantitative estimate of drug-likeness (QED) is 0.844. The lowest BCUT2D eigenvalue weighted by molar-refractivity contribution is 0.166. The number of hydrogen-bond acceptors (Lipinski definition) is 3. The molecule has 2 rings (SSSR count). The van der Waals surface area contributed by atoms with Gasteiger partial charge in [0.1, 0.15) is 5.75 Å². The lowest BCUT2D eigenvalue weighted by Crippen LogP contribution is -2.04. The SMILES string of the molecule is CCCOc1cccc(C(O)CCc2ccnn2C)c1. The van der Waals surface area contributed by atoms with Gasteiger partial charge in [0.05, 0.1) is 12.7 Å². The first-order valence-corrected chi connectivity index (χ1v) is 7.08. The molecule has 0 saturated heterocycles. The van der Waals surface area contributed by atoms with Crippen LogP contribution in [-0.2, 0) is 13.5 Å². The van der Waals surface area contributed by atoms with E-state index in [0.717, 1.165) is 29.8 Å². The van der Waals surface area contributed by atoms with E-state index in [-0.39, 0.29) is 0 Å². The van der Waals surface area contributed by atoms with E-state index in [2.05, 4.69) is 12.0 Å². The van der Waals surface area contributed by atoms with Crippen molar-refractivity contribution in [2.24, 2.45) is 7.05 Å². The van der Waals surface area contributed by atoms with Gasteiger partial charge in [-0.1, -0.05) is 19.1 Å². The fourth-order valence-corrected chi connectivity index (χ4v) is 2.13. The van der Waals surface area contributed by atoms with Gasteiger partial charge in [-0.05, 0) is 43.0 Å². The van der Waals surface area contributed by atoms with Gasteiger partial charge < -0.3 is 9.84 Å². The molecule has 1 N–H and O–H groups in total. The van der Waals surface area contributed by atoms with Crippen molar-refractivity contribution in [3.05, 3.63) is 47.8 Å². The number of aliphatic hydroxyl groups is 1. The summed E-state index contributed by atoms with van der Waals surface area (Å²) in [5.41, 5.74) is 2.03. The molecule has 108 valence electrons. The van der Waals surface area contributed by atoms with Crippen molar-refractivity contribution in [3.8, 4) is 5.75 Å². The van der Waals surface area contributed by atoms with Crippen LogP contribution < -0.4 is 4.74 Å². The molecule has 0 spiro atoms. The van der Waals surface area contributed by atoms with Gasteiger partial charge in [0.25, 0.3) is 0 Å². The second-order valence-corrected chi connectivity index (χ2v) is 4.92. The van der Waals surface area contributed by atoms with Crippen LogP contribution >= 0.6 is 0 Å². The van der Waals surface area contributed by atoms with Crippen LogP contribution in [0.2, 0.25) is 0 Å². The van der Waals surface area contributed by atoms with E-state index in [4.69, 9.17) is 4.74 Å². The minimum absolute atomic E-state index is 0.477. The van der Waals surface area contributed by atoms with Crippen molar-refractivity contribution in [2.45, 2.75) is 32.3 Å². The number of aliphatic hydroxyl groups excluding tert-OH is 1. The number of hydrogen-bond donors (Lipinski definition) is 1. The number of benzene rings is 1. The third-order valence-corrected chi connectivity index (χ3v) is 3.31. The van der Waals surface area contributed by atoms with Crippen LogP contribution in [0.3, 0.4) is 0 Å². The van der Waals surface area contributed by atoms with E-state index in [9.17, 15) is 5.11 Å². The van der Waals surface area contributed by atoms with Crippen molar-refractivity contribution in [1.29, 1.82) is 0 Å². The summed E-state index contributed by atoms with van der Waals surface area (Å²) in [5, 5.41) is 14.4.